The lowest BCUT2D eigenvalue weighted by molar-refractivity contribution is -0.229. The average Bonchev–Trinajstić information content (AvgIpc) is 2.99. The Balaban J connectivity index is 1.25. The van der Waals surface area contributed by atoms with Crippen molar-refractivity contribution >= 4 is 0 Å². The molecule has 244 valence electrons. The zero-order chi connectivity index (χ0) is 32.3. The van der Waals surface area contributed by atoms with Crippen molar-refractivity contribution < 1.29 is 54.1 Å². The SMILES string of the molecule is CCCC1COC(C2CCC(c3cc(F)c(C(F)(F)Oc4ccc(-c5cc(F)c(OCF)c(F)c5)c(F)c4)c(F)c3)CC2)OC1. The van der Waals surface area contributed by atoms with Gasteiger partial charge in [0.15, 0.2) is 23.7 Å². The first-order chi connectivity index (χ1) is 21.5. The fourth-order valence-corrected chi connectivity index (χ4v) is 6.14. The van der Waals surface area contributed by atoms with Crippen LogP contribution < -0.4 is 9.47 Å². The lowest BCUT2D eigenvalue weighted by atomic mass is 9.78. The van der Waals surface area contributed by atoms with E-state index in [-0.39, 0.29) is 29.3 Å². The van der Waals surface area contributed by atoms with E-state index in [0.717, 1.165) is 37.1 Å². The molecule has 3 aromatic carbocycles. The van der Waals surface area contributed by atoms with Gasteiger partial charge in [0, 0.05) is 23.5 Å². The maximum Gasteiger partial charge on any atom is 0.432 e. The Morgan fingerprint density at radius 3 is 1.98 bits per heavy atom. The summed E-state index contributed by atoms with van der Waals surface area (Å²) in [6.45, 7) is 1.87. The van der Waals surface area contributed by atoms with Gasteiger partial charge in [0.05, 0.1) is 13.2 Å². The van der Waals surface area contributed by atoms with E-state index in [2.05, 4.69) is 16.4 Å². The van der Waals surface area contributed by atoms with E-state index in [1.165, 1.54) is 0 Å². The molecule has 12 heteroatoms. The minimum atomic E-state index is -4.53. The molecule has 2 aliphatic rings. The molecule has 1 heterocycles. The molecule has 0 aromatic heterocycles. The van der Waals surface area contributed by atoms with Crippen molar-refractivity contribution in [3.63, 3.8) is 0 Å². The predicted molar refractivity (Wildman–Crippen MR) is 148 cm³/mol. The first-order valence-corrected chi connectivity index (χ1v) is 14.8. The smallest absolute Gasteiger partial charge is 0.432 e. The Morgan fingerprint density at radius 2 is 1.42 bits per heavy atom. The topological polar surface area (TPSA) is 36.9 Å². The quantitative estimate of drug-likeness (QED) is 0.206. The number of hydrogen-bond donors (Lipinski definition) is 0. The molecule has 0 unspecified atom stereocenters. The maximum atomic E-state index is 15.1. The Bertz CT molecular complexity index is 1440. The van der Waals surface area contributed by atoms with Gasteiger partial charge in [-0.25, -0.2) is 26.3 Å². The van der Waals surface area contributed by atoms with Crippen molar-refractivity contribution in [2.45, 2.75) is 63.8 Å². The molecule has 1 aliphatic heterocycles. The molecule has 0 N–H and O–H groups in total. The summed E-state index contributed by atoms with van der Waals surface area (Å²) in [4.78, 5) is 0. The predicted octanol–water partition coefficient (Wildman–Crippen LogP) is 9.55. The molecule has 5 rings (SSSR count). The number of halogens is 8. The third-order valence-corrected chi connectivity index (χ3v) is 8.37. The van der Waals surface area contributed by atoms with Gasteiger partial charge in [-0.2, -0.15) is 8.78 Å². The van der Waals surface area contributed by atoms with Crippen LogP contribution in [0.3, 0.4) is 0 Å². The van der Waals surface area contributed by atoms with Gasteiger partial charge < -0.3 is 18.9 Å². The van der Waals surface area contributed by atoms with Crippen molar-refractivity contribution in [1.82, 2.24) is 0 Å². The van der Waals surface area contributed by atoms with Crippen LogP contribution in [0.4, 0.5) is 35.1 Å². The minimum absolute atomic E-state index is 0.134. The van der Waals surface area contributed by atoms with E-state index in [0.29, 0.717) is 63.0 Å². The van der Waals surface area contributed by atoms with Gasteiger partial charge in [-0.1, -0.05) is 13.3 Å². The highest BCUT2D eigenvalue weighted by atomic mass is 19.3. The third-order valence-electron chi connectivity index (χ3n) is 8.37. The zero-order valence-electron chi connectivity index (χ0n) is 24.4. The van der Waals surface area contributed by atoms with Gasteiger partial charge in [0.25, 0.3) is 0 Å². The maximum absolute atomic E-state index is 15.1. The highest BCUT2D eigenvalue weighted by molar-refractivity contribution is 5.66. The summed E-state index contributed by atoms with van der Waals surface area (Å²) in [5.41, 5.74) is -2.14. The summed E-state index contributed by atoms with van der Waals surface area (Å²) >= 11 is 0. The molecule has 1 saturated carbocycles. The van der Waals surface area contributed by atoms with Crippen molar-refractivity contribution in [1.29, 1.82) is 0 Å². The molecular weight excluding hydrogens is 612 g/mol. The molecule has 3 aromatic rings. The number of ether oxygens (including phenoxy) is 4. The lowest BCUT2D eigenvalue weighted by Crippen LogP contribution is -2.38. The molecule has 45 heavy (non-hydrogen) atoms. The van der Waals surface area contributed by atoms with Crippen LogP contribution in [0.5, 0.6) is 11.5 Å². The van der Waals surface area contributed by atoms with Crippen LogP contribution in [0.1, 0.15) is 62.5 Å². The molecular formula is C33H32F8O4. The Morgan fingerprint density at radius 1 is 0.800 bits per heavy atom. The van der Waals surface area contributed by atoms with E-state index in [1.54, 1.807) is 0 Å². The largest absolute Gasteiger partial charge is 0.457 e. The molecule has 0 amide bonds. The fourth-order valence-electron chi connectivity index (χ4n) is 6.14. The Hall–Kier alpha value is -3.38. The van der Waals surface area contributed by atoms with E-state index in [1.807, 2.05) is 0 Å². The molecule has 0 bridgehead atoms. The normalized spacial score (nSPS) is 22.3. The average molecular weight is 645 g/mol. The second-order valence-electron chi connectivity index (χ2n) is 11.4. The third kappa shape index (κ3) is 7.38. The second-order valence-corrected chi connectivity index (χ2v) is 11.4. The molecule has 0 atom stereocenters. The van der Waals surface area contributed by atoms with Gasteiger partial charge in [-0.05, 0) is 85.5 Å². The molecule has 1 aliphatic carbocycles. The summed E-state index contributed by atoms with van der Waals surface area (Å²) in [5.74, 6) is -8.44. The van der Waals surface area contributed by atoms with Crippen molar-refractivity contribution in [3.8, 4) is 22.6 Å². The summed E-state index contributed by atoms with van der Waals surface area (Å²) in [5, 5.41) is 0. The monoisotopic (exact) mass is 644 g/mol. The zero-order valence-corrected chi connectivity index (χ0v) is 24.4. The van der Waals surface area contributed by atoms with Crippen LogP contribution >= 0.6 is 0 Å². The van der Waals surface area contributed by atoms with Crippen LogP contribution in [0.2, 0.25) is 0 Å². The first kappa shape index (κ1) is 33.0. The summed E-state index contributed by atoms with van der Waals surface area (Å²) < 4.78 is 136. The summed E-state index contributed by atoms with van der Waals surface area (Å²) in [7, 11) is 0. The number of benzene rings is 3. The molecule has 1 saturated heterocycles. The van der Waals surface area contributed by atoms with E-state index < -0.39 is 64.7 Å². The Kier molecular flexibility index (Phi) is 10.2. The number of alkyl halides is 3. The van der Waals surface area contributed by atoms with Crippen LogP contribution in [0, 0.1) is 40.9 Å². The highest BCUT2D eigenvalue weighted by Gasteiger charge is 2.42. The van der Waals surface area contributed by atoms with Gasteiger partial charge >= 0.3 is 6.11 Å². The van der Waals surface area contributed by atoms with Crippen LogP contribution in [0.25, 0.3) is 11.1 Å². The lowest BCUT2D eigenvalue weighted by Gasteiger charge is -2.37. The van der Waals surface area contributed by atoms with E-state index in [9.17, 15) is 17.6 Å². The fraction of sp³-hybridized carbons (Fsp3) is 0.455. The number of rotatable bonds is 10. The standard InChI is InChI=1S/C33H32F8O4/c1-2-3-18-15-42-32(43-16-18)20-6-4-19(5-7-20)21-10-26(36)30(27(37)11-21)33(40,41)45-23-8-9-24(25(35)14-23)22-12-28(38)31(44-17-34)29(39)13-22/h8-14,18-20,32H,2-7,15-17H2,1H3. The summed E-state index contributed by atoms with van der Waals surface area (Å²) in [6, 6.07) is 5.29. The van der Waals surface area contributed by atoms with Gasteiger partial charge in [-0.15, -0.1) is 0 Å². The van der Waals surface area contributed by atoms with Crippen molar-refractivity contribution in [2.75, 3.05) is 20.1 Å². The van der Waals surface area contributed by atoms with Crippen LogP contribution in [0.15, 0.2) is 42.5 Å². The molecule has 0 radical (unpaired) electrons. The summed E-state index contributed by atoms with van der Waals surface area (Å²) in [6.07, 6.45) is -0.262. The first-order valence-electron chi connectivity index (χ1n) is 14.8. The number of hydrogen-bond acceptors (Lipinski definition) is 4. The molecule has 2 fully saturated rings. The van der Waals surface area contributed by atoms with E-state index in [4.69, 9.17) is 9.47 Å². The highest BCUT2D eigenvalue weighted by Crippen LogP contribution is 2.42. The molecule has 4 nitrogen and oxygen atoms in total. The van der Waals surface area contributed by atoms with Crippen LogP contribution in [-0.4, -0.2) is 26.4 Å². The Labute approximate surface area is 255 Å². The van der Waals surface area contributed by atoms with Crippen LogP contribution in [-0.2, 0) is 15.6 Å². The van der Waals surface area contributed by atoms with Gasteiger partial charge in [0.1, 0.15) is 28.8 Å². The van der Waals surface area contributed by atoms with E-state index >= 15 is 17.6 Å². The van der Waals surface area contributed by atoms with Gasteiger partial charge in [0.2, 0.25) is 6.86 Å². The second kappa shape index (κ2) is 13.9. The van der Waals surface area contributed by atoms with Crippen molar-refractivity contribution in [3.05, 3.63) is 82.7 Å². The minimum Gasteiger partial charge on any atom is -0.457 e. The van der Waals surface area contributed by atoms with Gasteiger partial charge in [-0.3, -0.25) is 0 Å². The van der Waals surface area contributed by atoms with Crippen molar-refractivity contribution in [2.24, 2.45) is 11.8 Å². The molecule has 0 spiro atoms.